The van der Waals surface area contributed by atoms with Crippen molar-refractivity contribution in [3.8, 4) is 0 Å². The third-order valence-electron chi connectivity index (χ3n) is 1.39. The normalized spacial score (nSPS) is 13.8. The first-order valence-electron chi connectivity index (χ1n) is 3.42. The summed E-state index contributed by atoms with van der Waals surface area (Å²) < 4.78 is 4.94. The van der Waals surface area contributed by atoms with Gasteiger partial charge in [-0.1, -0.05) is 5.11 Å². The quantitative estimate of drug-likeness (QED) is 0.271. The summed E-state index contributed by atoms with van der Waals surface area (Å²) in [6.07, 6.45) is 8.26. The molecule has 1 rings (SSSR count). The number of nitrogens with zero attached hydrogens (tertiary/aromatic N) is 3. The molecule has 0 saturated heterocycles. The molecule has 0 unspecified atom stereocenters. The van der Waals surface area contributed by atoms with Crippen LogP contribution in [0.15, 0.2) is 34.7 Å². The topological polar surface area (TPSA) is 58.0 Å². The van der Waals surface area contributed by atoms with E-state index in [0.717, 1.165) is 11.3 Å². The van der Waals surface area contributed by atoms with Crippen LogP contribution in [0.3, 0.4) is 0 Å². The number of ether oxygens (including phenoxy) is 1. The Hall–Kier alpha value is -1.76. The average molecular weight is 162 g/mol. The maximum Gasteiger partial charge on any atom is 0.233 e. The largest absolute Gasteiger partial charge is 0.437 e. The van der Waals surface area contributed by atoms with E-state index in [4.69, 9.17) is 10.3 Å². The SMILES string of the molecule is COC1=C[C+]=C(CN=[N+]=[N-])C=C1. The highest BCUT2D eigenvalue weighted by Gasteiger charge is 2.07. The number of allylic oxidation sites excluding steroid dienone is 3. The van der Waals surface area contributed by atoms with Gasteiger partial charge in [0.15, 0.2) is 0 Å². The molecule has 0 N–H and O–H groups in total. The molecule has 0 atom stereocenters. The fourth-order valence-corrected chi connectivity index (χ4v) is 0.776. The summed E-state index contributed by atoms with van der Waals surface area (Å²) in [6.45, 7) is 0.334. The Morgan fingerprint density at radius 1 is 1.67 bits per heavy atom. The first kappa shape index (κ1) is 8.34. The van der Waals surface area contributed by atoms with E-state index >= 15 is 0 Å². The van der Waals surface area contributed by atoms with Crippen LogP contribution in [0.5, 0.6) is 0 Å². The van der Waals surface area contributed by atoms with Gasteiger partial charge in [-0.25, -0.2) is 0 Å². The Labute approximate surface area is 70.5 Å². The highest BCUT2D eigenvalue weighted by atomic mass is 16.5. The highest BCUT2D eigenvalue weighted by molar-refractivity contribution is 5.33. The second-order valence-corrected chi connectivity index (χ2v) is 2.14. The monoisotopic (exact) mass is 162 g/mol. The molecule has 0 saturated carbocycles. The molecule has 0 aromatic heterocycles. The molecule has 0 heterocycles. The minimum Gasteiger partial charge on any atom is -0.437 e. The Morgan fingerprint density at radius 3 is 3.00 bits per heavy atom. The lowest BCUT2D eigenvalue weighted by Gasteiger charge is -1.94. The van der Waals surface area contributed by atoms with Crippen molar-refractivity contribution in [2.24, 2.45) is 5.11 Å². The second kappa shape index (κ2) is 4.19. The molecule has 0 fully saturated rings. The number of hydrogen-bond donors (Lipinski definition) is 0. The van der Waals surface area contributed by atoms with Crippen LogP contribution in [0, 0.1) is 6.08 Å². The van der Waals surface area contributed by atoms with Gasteiger partial charge in [0.2, 0.25) is 5.76 Å². The van der Waals surface area contributed by atoms with E-state index in [9.17, 15) is 0 Å². The zero-order valence-electron chi connectivity index (χ0n) is 6.69. The van der Waals surface area contributed by atoms with Gasteiger partial charge in [0.1, 0.15) is 11.6 Å². The van der Waals surface area contributed by atoms with Crippen molar-refractivity contribution in [1.82, 2.24) is 0 Å². The number of rotatable bonds is 3. The third kappa shape index (κ3) is 2.13. The molecule has 0 aromatic carbocycles. The van der Waals surface area contributed by atoms with Crippen molar-refractivity contribution in [1.29, 1.82) is 0 Å². The molecule has 4 nitrogen and oxygen atoms in total. The molecule has 0 amide bonds. The zero-order valence-corrected chi connectivity index (χ0v) is 6.69. The molecule has 0 bridgehead atoms. The van der Waals surface area contributed by atoms with Crippen LogP contribution in [0.2, 0.25) is 0 Å². The molecule has 1 aliphatic rings. The lowest BCUT2D eigenvalue weighted by atomic mass is 10.1. The molecule has 4 heteroatoms. The van der Waals surface area contributed by atoms with Gasteiger partial charge in [-0.05, 0) is 5.53 Å². The van der Waals surface area contributed by atoms with Gasteiger partial charge in [-0.2, -0.15) is 0 Å². The summed E-state index contributed by atoms with van der Waals surface area (Å²) in [6, 6.07) is 0. The molecule has 60 valence electrons. The highest BCUT2D eigenvalue weighted by Crippen LogP contribution is 2.09. The van der Waals surface area contributed by atoms with Crippen LogP contribution in [-0.2, 0) is 4.74 Å². The van der Waals surface area contributed by atoms with Crippen LogP contribution >= 0.6 is 0 Å². The standard InChI is InChI=1S/C8H8N3O/c1-12-8-4-2-7(3-5-8)6-10-11-9/h2,4-5H,6H2,1H3/q+1. The predicted octanol–water partition coefficient (Wildman–Crippen LogP) is 2.13. The summed E-state index contributed by atoms with van der Waals surface area (Å²) >= 11 is 0. The van der Waals surface area contributed by atoms with E-state index in [1.54, 1.807) is 19.3 Å². The van der Waals surface area contributed by atoms with Crippen molar-refractivity contribution in [3.05, 3.63) is 46.1 Å². The zero-order chi connectivity index (χ0) is 8.81. The number of hydrogen-bond acceptors (Lipinski definition) is 2. The predicted molar refractivity (Wildman–Crippen MR) is 45.0 cm³/mol. The fourth-order valence-electron chi connectivity index (χ4n) is 0.776. The minimum absolute atomic E-state index is 0.334. The van der Waals surface area contributed by atoms with Crippen LogP contribution in [0.4, 0.5) is 0 Å². The van der Waals surface area contributed by atoms with E-state index in [1.807, 2.05) is 6.08 Å². The summed E-state index contributed by atoms with van der Waals surface area (Å²) in [4.78, 5) is 2.65. The first-order chi connectivity index (χ1) is 5.86. The summed E-state index contributed by atoms with van der Waals surface area (Å²) in [7, 11) is 1.59. The maximum atomic E-state index is 8.05. The molecule has 0 aliphatic heterocycles. The van der Waals surface area contributed by atoms with Crippen LogP contribution in [-0.4, -0.2) is 13.7 Å². The van der Waals surface area contributed by atoms with Gasteiger partial charge in [-0.3, -0.25) is 0 Å². The van der Waals surface area contributed by atoms with Crippen molar-refractivity contribution >= 4 is 0 Å². The molecule has 0 spiro atoms. The van der Waals surface area contributed by atoms with Gasteiger partial charge >= 0.3 is 0 Å². The van der Waals surface area contributed by atoms with Crippen LogP contribution < -0.4 is 0 Å². The van der Waals surface area contributed by atoms with E-state index < -0.39 is 0 Å². The molecule has 0 aromatic rings. The van der Waals surface area contributed by atoms with Gasteiger partial charge in [0, 0.05) is 11.0 Å². The van der Waals surface area contributed by atoms with Crippen LogP contribution in [0.25, 0.3) is 10.4 Å². The lowest BCUT2D eigenvalue weighted by molar-refractivity contribution is 0.306. The van der Waals surface area contributed by atoms with Gasteiger partial charge in [0.25, 0.3) is 0 Å². The number of azide groups is 1. The number of methoxy groups -OCH3 is 1. The van der Waals surface area contributed by atoms with Gasteiger partial charge < -0.3 is 4.74 Å². The minimum atomic E-state index is 0.334. The first-order valence-corrected chi connectivity index (χ1v) is 3.42. The van der Waals surface area contributed by atoms with E-state index in [2.05, 4.69) is 16.1 Å². The van der Waals surface area contributed by atoms with E-state index in [0.29, 0.717) is 6.54 Å². The summed E-state index contributed by atoms with van der Waals surface area (Å²) in [5.41, 5.74) is 8.90. The Bertz CT molecular complexity index is 295. The van der Waals surface area contributed by atoms with Crippen molar-refractivity contribution in [2.45, 2.75) is 0 Å². The Balaban J connectivity index is 2.62. The summed E-state index contributed by atoms with van der Waals surface area (Å²) in [5, 5.41) is 3.41. The van der Waals surface area contributed by atoms with Crippen LogP contribution in [0.1, 0.15) is 0 Å². The van der Waals surface area contributed by atoms with E-state index in [1.165, 1.54) is 0 Å². The van der Waals surface area contributed by atoms with Gasteiger partial charge in [0.05, 0.1) is 25.8 Å². The van der Waals surface area contributed by atoms with Crippen molar-refractivity contribution < 1.29 is 4.74 Å². The molecule has 0 radical (unpaired) electrons. The molecule has 1 aliphatic carbocycles. The second-order valence-electron chi connectivity index (χ2n) is 2.14. The van der Waals surface area contributed by atoms with Crippen molar-refractivity contribution in [3.63, 3.8) is 0 Å². The molecular weight excluding hydrogens is 154 g/mol. The van der Waals surface area contributed by atoms with Crippen molar-refractivity contribution in [2.75, 3.05) is 13.7 Å². The molecule has 12 heavy (non-hydrogen) atoms. The average Bonchev–Trinajstić information content (AvgIpc) is 2.15. The maximum absolute atomic E-state index is 8.05. The lowest BCUT2D eigenvalue weighted by Crippen LogP contribution is -1.90. The Morgan fingerprint density at radius 2 is 2.50 bits per heavy atom. The van der Waals surface area contributed by atoms with E-state index in [-0.39, 0.29) is 0 Å². The Kier molecular flexibility index (Phi) is 2.91. The summed E-state index contributed by atoms with van der Waals surface area (Å²) in [5.74, 6) is 0.750. The third-order valence-corrected chi connectivity index (χ3v) is 1.39. The van der Waals surface area contributed by atoms with Gasteiger partial charge in [-0.15, -0.1) is 0 Å². The smallest absolute Gasteiger partial charge is 0.233 e. The fraction of sp³-hybridized carbons (Fsp3) is 0.250. The molecular formula is C8H8N3O+.